The highest BCUT2D eigenvalue weighted by atomic mass is 127. The van der Waals surface area contributed by atoms with Gasteiger partial charge in [-0.15, -0.1) is 0 Å². The van der Waals surface area contributed by atoms with Crippen LogP contribution in [0.15, 0.2) is 114 Å². The molecule has 0 saturated heterocycles. The molecule has 5 aromatic rings. The van der Waals surface area contributed by atoms with Gasteiger partial charge in [-0.2, -0.15) is 5.10 Å². The number of hydrazone groups is 1. The molecule has 1 aromatic heterocycles. The van der Waals surface area contributed by atoms with E-state index in [1.54, 1.807) is 6.21 Å². The van der Waals surface area contributed by atoms with Gasteiger partial charge in [-0.05, 0) is 64.0 Å². The number of aromatic nitrogens is 1. The van der Waals surface area contributed by atoms with E-state index >= 15 is 0 Å². The van der Waals surface area contributed by atoms with Gasteiger partial charge in [0.25, 0.3) is 5.91 Å². The van der Waals surface area contributed by atoms with E-state index in [2.05, 4.69) is 33.1 Å². The van der Waals surface area contributed by atoms with Crippen LogP contribution in [-0.2, 0) is 6.61 Å². The summed E-state index contributed by atoms with van der Waals surface area (Å²) in [6.45, 7) is 0.505. The van der Waals surface area contributed by atoms with Crippen LogP contribution < -0.4 is 10.2 Å². The summed E-state index contributed by atoms with van der Waals surface area (Å²) in [5.74, 6) is 0.511. The van der Waals surface area contributed by atoms with Crippen LogP contribution in [-0.4, -0.2) is 17.1 Å². The van der Waals surface area contributed by atoms with Crippen molar-refractivity contribution in [3.8, 4) is 17.0 Å². The highest BCUT2D eigenvalue weighted by Gasteiger charge is 2.13. The van der Waals surface area contributed by atoms with Crippen LogP contribution in [0.25, 0.3) is 22.2 Å². The fourth-order valence-corrected chi connectivity index (χ4v) is 4.49. The van der Waals surface area contributed by atoms with Crippen molar-refractivity contribution in [2.75, 3.05) is 0 Å². The predicted molar refractivity (Wildman–Crippen MR) is 152 cm³/mol. The number of benzene rings is 4. The van der Waals surface area contributed by atoms with Crippen LogP contribution in [0.1, 0.15) is 21.5 Å². The molecule has 1 amide bonds. The summed E-state index contributed by atoms with van der Waals surface area (Å²) >= 11 is 2.24. The molecule has 5 rings (SSSR count). The van der Waals surface area contributed by atoms with E-state index in [4.69, 9.17) is 9.72 Å². The topological polar surface area (TPSA) is 63.6 Å². The Kier molecular flexibility index (Phi) is 7.33. The number of rotatable bonds is 7. The van der Waals surface area contributed by atoms with E-state index in [1.807, 2.05) is 109 Å². The Morgan fingerprint density at radius 2 is 1.61 bits per heavy atom. The van der Waals surface area contributed by atoms with Crippen molar-refractivity contribution >= 4 is 45.6 Å². The van der Waals surface area contributed by atoms with Crippen LogP contribution in [0.2, 0.25) is 0 Å². The molecule has 0 spiro atoms. The van der Waals surface area contributed by atoms with Gasteiger partial charge in [-0.3, -0.25) is 4.79 Å². The molecule has 0 aliphatic heterocycles. The number of ether oxygens (including phenoxy) is 1. The Balaban J connectivity index is 1.31. The van der Waals surface area contributed by atoms with Crippen molar-refractivity contribution in [3.05, 3.63) is 129 Å². The number of carbonyl (C=O) groups excluding carboxylic acids is 1. The number of halogens is 1. The van der Waals surface area contributed by atoms with E-state index < -0.39 is 0 Å². The number of amides is 1. The highest BCUT2D eigenvalue weighted by molar-refractivity contribution is 14.1. The lowest BCUT2D eigenvalue weighted by Gasteiger charge is -2.09. The molecular formula is C30H22IN3O2. The lowest BCUT2D eigenvalue weighted by atomic mass is 10.0. The zero-order valence-electron chi connectivity index (χ0n) is 19.3. The average molecular weight is 583 g/mol. The van der Waals surface area contributed by atoms with Gasteiger partial charge in [0.15, 0.2) is 0 Å². The summed E-state index contributed by atoms with van der Waals surface area (Å²) in [7, 11) is 0. The Morgan fingerprint density at radius 3 is 2.39 bits per heavy atom. The summed E-state index contributed by atoms with van der Waals surface area (Å²) in [4.78, 5) is 17.8. The van der Waals surface area contributed by atoms with Gasteiger partial charge < -0.3 is 4.74 Å². The maximum Gasteiger partial charge on any atom is 0.272 e. The van der Waals surface area contributed by atoms with E-state index in [9.17, 15) is 4.79 Å². The number of hydrogen-bond donors (Lipinski definition) is 1. The third-order valence-corrected chi connectivity index (χ3v) is 6.45. The predicted octanol–water partition coefficient (Wildman–Crippen LogP) is 6.85. The molecule has 0 saturated carbocycles. The fourth-order valence-electron chi connectivity index (χ4n) is 3.80. The molecule has 0 radical (unpaired) electrons. The van der Waals surface area contributed by atoms with Crippen molar-refractivity contribution in [3.63, 3.8) is 0 Å². The van der Waals surface area contributed by atoms with Crippen molar-refractivity contribution < 1.29 is 9.53 Å². The lowest BCUT2D eigenvalue weighted by Crippen LogP contribution is -2.18. The maximum atomic E-state index is 13.1. The molecule has 176 valence electrons. The van der Waals surface area contributed by atoms with Gasteiger partial charge in [0.1, 0.15) is 12.4 Å². The second kappa shape index (κ2) is 11.1. The van der Waals surface area contributed by atoms with E-state index in [1.165, 1.54) is 0 Å². The second-order valence-electron chi connectivity index (χ2n) is 8.10. The number of hydrogen-bond acceptors (Lipinski definition) is 4. The molecule has 6 heteroatoms. The largest absolute Gasteiger partial charge is 0.488 e. The van der Waals surface area contributed by atoms with Gasteiger partial charge in [0.2, 0.25) is 0 Å². The highest BCUT2D eigenvalue weighted by Crippen LogP contribution is 2.25. The molecule has 0 bridgehead atoms. The zero-order chi connectivity index (χ0) is 24.7. The number of carbonyl (C=O) groups is 1. The normalized spacial score (nSPS) is 11.0. The third kappa shape index (κ3) is 5.60. The number of para-hydroxylation sites is 1. The second-order valence-corrected chi connectivity index (χ2v) is 9.26. The standard InChI is InChI=1S/C30H22IN3O2/c31-26-17-22(15-16-29(26)36-20-21-9-3-1-4-10-21)19-32-34-30(35)25-18-28(23-11-5-2-6-12-23)33-27-14-8-7-13-24(25)27/h1-19H,20H2,(H,34,35)/b32-19+. The van der Waals surface area contributed by atoms with Gasteiger partial charge in [0, 0.05) is 10.9 Å². The maximum absolute atomic E-state index is 13.1. The average Bonchev–Trinajstić information content (AvgIpc) is 2.93. The molecule has 0 aliphatic carbocycles. The number of fused-ring (bicyclic) bond motifs is 1. The number of nitrogens with zero attached hydrogens (tertiary/aromatic N) is 2. The number of pyridine rings is 1. The molecule has 0 atom stereocenters. The Labute approximate surface area is 223 Å². The fraction of sp³-hybridized carbons (Fsp3) is 0.0333. The summed E-state index contributed by atoms with van der Waals surface area (Å²) in [5, 5.41) is 4.98. The van der Waals surface area contributed by atoms with Gasteiger partial charge in [-0.25, -0.2) is 10.4 Å². The summed E-state index contributed by atoms with van der Waals surface area (Å²) < 4.78 is 6.90. The molecule has 1 N–H and O–H groups in total. The van der Waals surface area contributed by atoms with Crippen LogP contribution >= 0.6 is 22.6 Å². The first-order valence-corrected chi connectivity index (χ1v) is 12.5. The minimum Gasteiger partial charge on any atom is -0.488 e. The molecule has 5 nitrogen and oxygen atoms in total. The van der Waals surface area contributed by atoms with Gasteiger partial charge in [-0.1, -0.05) is 78.9 Å². The first-order valence-electron chi connectivity index (χ1n) is 11.4. The van der Waals surface area contributed by atoms with Crippen molar-refractivity contribution in [2.24, 2.45) is 5.10 Å². The van der Waals surface area contributed by atoms with Crippen molar-refractivity contribution in [1.29, 1.82) is 0 Å². The lowest BCUT2D eigenvalue weighted by molar-refractivity contribution is 0.0956. The van der Waals surface area contributed by atoms with Gasteiger partial charge >= 0.3 is 0 Å². The molecule has 1 heterocycles. The van der Waals surface area contributed by atoms with Crippen molar-refractivity contribution in [1.82, 2.24) is 10.4 Å². The summed E-state index contributed by atoms with van der Waals surface area (Å²) in [6, 6.07) is 35.1. The molecule has 36 heavy (non-hydrogen) atoms. The van der Waals surface area contributed by atoms with Crippen molar-refractivity contribution in [2.45, 2.75) is 6.61 Å². The molecular weight excluding hydrogens is 561 g/mol. The SMILES string of the molecule is O=C(N/N=C/c1ccc(OCc2ccccc2)c(I)c1)c1cc(-c2ccccc2)nc2ccccc12. The Morgan fingerprint density at radius 1 is 0.889 bits per heavy atom. The first kappa shape index (κ1) is 23.7. The Hall–Kier alpha value is -4.04. The van der Waals surface area contributed by atoms with E-state index in [-0.39, 0.29) is 5.91 Å². The Bertz CT molecular complexity index is 1540. The third-order valence-electron chi connectivity index (χ3n) is 5.60. The summed E-state index contributed by atoms with van der Waals surface area (Å²) in [6.07, 6.45) is 1.63. The quantitative estimate of drug-likeness (QED) is 0.130. The monoisotopic (exact) mass is 583 g/mol. The minimum atomic E-state index is -0.292. The molecule has 4 aromatic carbocycles. The smallest absolute Gasteiger partial charge is 0.272 e. The van der Waals surface area contributed by atoms with E-state index in [0.717, 1.165) is 42.6 Å². The first-order chi connectivity index (χ1) is 17.7. The van der Waals surface area contributed by atoms with Crippen LogP contribution in [0.5, 0.6) is 5.75 Å². The molecule has 0 fully saturated rings. The van der Waals surface area contributed by atoms with Crippen LogP contribution in [0.3, 0.4) is 0 Å². The minimum absolute atomic E-state index is 0.292. The zero-order valence-corrected chi connectivity index (χ0v) is 21.4. The van der Waals surface area contributed by atoms with E-state index in [0.29, 0.717) is 12.2 Å². The molecule has 0 unspecified atom stereocenters. The van der Waals surface area contributed by atoms with Crippen LogP contribution in [0.4, 0.5) is 0 Å². The van der Waals surface area contributed by atoms with Gasteiger partial charge in [0.05, 0.1) is 26.6 Å². The number of nitrogens with one attached hydrogen (secondary N) is 1. The molecule has 0 aliphatic rings. The summed E-state index contributed by atoms with van der Waals surface area (Å²) in [5.41, 5.74) is 7.61. The van der Waals surface area contributed by atoms with Crippen LogP contribution in [0, 0.1) is 3.57 Å².